The van der Waals surface area contributed by atoms with E-state index < -0.39 is 8.07 Å². The molecule has 0 amide bonds. The van der Waals surface area contributed by atoms with Gasteiger partial charge in [-0.3, -0.25) is 4.98 Å². The molecule has 1 aromatic carbocycles. The van der Waals surface area contributed by atoms with E-state index in [1.165, 1.54) is 16.8 Å². The van der Waals surface area contributed by atoms with Crippen molar-refractivity contribution in [2.24, 2.45) is 0 Å². The number of pyridine rings is 1. The predicted octanol–water partition coefficient (Wildman–Crippen LogP) is 4.51. The molecule has 2 aromatic rings. The van der Waals surface area contributed by atoms with Crippen molar-refractivity contribution in [1.82, 2.24) is 4.98 Å². The van der Waals surface area contributed by atoms with Gasteiger partial charge in [0.1, 0.15) is 0 Å². The number of benzene rings is 1. The Morgan fingerprint density at radius 1 is 1.00 bits per heavy atom. The number of nitrogens with zero attached hydrogens (tertiary/aromatic N) is 1. The van der Waals surface area contributed by atoms with Crippen molar-refractivity contribution in [3.05, 3.63) is 70.7 Å². The molecule has 0 N–H and O–H groups in total. The van der Waals surface area contributed by atoms with E-state index in [9.17, 15) is 0 Å². The zero-order valence-electron chi connectivity index (χ0n) is 12.5. The van der Waals surface area contributed by atoms with Crippen molar-refractivity contribution in [3.8, 4) is 0 Å². The summed E-state index contributed by atoms with van der Waals surface area (Å²) in [6.07, 6.45) is 4.01. The maximum Gasteiger partial charge on any atom is 0.0732 e. The van der Waals surface area contributed by atoms with Crippen LogP contribution in [0, 0.1) is 0 Å². The quantitative estimate of drug-likeness (QED) is 0.753. The van der Waals surface area contributed by atoms with Crippen LogP contribution in [0.25, 0.3) is 5.57 Å². The molecule has 0 bridgehead atoms. The zero-order chi connectivity index (χ0) is 14.2. The first-order chi connectivity index (χ1) is 9.55. The molecule has 0 spiro atoms. The van der Waals surface area contributed by atoms with Gasteiger partial charge in [0.25, 0.3) is 0 Å². The fraction of sp³-hybridized carbons (Fsp3) is 0.278. The fourth-order valence-corrected chi connectivity index (χ4v) is 4.88. The predicted molar refractivity (Wildman–Crippen MR) is 88.4 cm³/mol. The molecular weight excluding hydrogens is 258 g/mol. The van der Waals surface area contributed by atoms with E-state index in [2.05, 4.69) is 61.0 Å². The molecular formula is C18H21NSi. The summed E-state index contributed by atoms with van der Waals surface area (Å²) < 4.78 is 0. The van der Waals surface area contributed by atoms with Crippen LogP contribution in [0.4, 0.5) is 0 Å². The lowest BCUT2D eigenvalue weighted by atomic mass is 10.0. The third-order valence-electron chi connectivity index (χ3n) is 4.06. The lowest BCUT2D eigenvalue weighted by Gasteiger charge is -2.20. The minimum absolute atomic E-state index is 0.970. The second kappa shape index (κ2) is 5.02. The van der Waals surface area contributed by atoms with E-state index >= 15 is 0 Å². The molecule has 0 aliphatic heterocycles. The summed E-state index contributed by atoms with van der Waals surface area (Å²) in [6.45, 7) is 7.35. The zero-order valence-corrected chi connectivity index (χ0v) is 13.5. The molecule has 1 heterocycles. The molecule has 0 radical (unpaired) electrons. The lowest BCUT2D eigenvalue weighted by molar-refractivity contribution is 1.12. The second-order valence-electron chi connectivity index (χ2n) is 6.54. The first kappa shape index (κ1) is 13.3. The Bertz CT molecular complexity index is 651. The van der Waals surface area contributed by atoms with Crippen molar-refractivity contribution < 1.29 is 0 Å². The fourth-order valence-electron chi connectivity index (χ4n) is 3.03. The van der Waals surface area contributed by atoms with Gasteiger partial charge in [0.2, 0.25) is 0 Å². The van der Waals surface area contributed by atoms with Crippen LogP contribution < -0.4 is 0 Å². The van der Waals surface area contributed by atoms with Gasteiger partial charge < -0.3 is 0 Å². The van der Waals surface area contributed by atoms with Gasteiger partial charge in [-0.05, 0) is 35.3 Å². The molecule has 1 nitrogen and oxygen atoms in total. The summed E-state index contributed by atoms with van der Waals surface area (Å²) in [4.78, 5) is 4.51. The lowest BCUT2D eigenvalue weighted by Crippen LogP contribution is -2.25. The van der Waals surface area contributed by atoms with E-state index in [0.717, 1.165) is 12.8 Å². The van der Waals surface area contributed by atoms with Gasteiger partial charge in [-0.15, -0.1) is 0 Å². The van der Waals surface area contributed by atoms with E-state index in [-0.39, 0.29) is 0 Å². The molecule has 20 heavy (non-hydrogen) atoms. The van der Waals surface area contributed by atoms with Crippen molar-refractivity contribution in [1.29, 1.82) is 0 Å². The normalized spacial score (nSPS) is 14.6. The minimum Gasteiger partial charge on any atom is -0.261 e. The van der Waals surface area contributed by atoms with Gasteiger partial charge >= 0.3 is 0 Å². The van der Waals surface area contributed by atoms with Crippen molar-refractivity contribution in [2.45, 2.75) is 32.5 Å². The Hall–Kier alpha value is -1.67. The van der Waals surface area contributed by atoms with Gasteiger partial charge in [-0.2, -0.15) is 0 Å². The van der Waals surface area contributed by atoms with Gasteiger partial charge in [0, 0.05) is 18.3 Å². The summed E-state index contributed by atoms with van der Waals surface area (Å²) in [7, 11) is -1.29. The SMILES string of the molecule is C[Si](C)(C)C1=C(Cc2ccccn2)c2ccccc2C1. The standard InChI is InChI=1S/C18H21NSi/c1-20(2,3)18-12-14-8-4-5-10-16(14)17(18)13-15-9-6-7-11-19-15/h4-11H,12-13H2,1-3H3. The Labute approximate surface area is 122 Å². The molecule has 0 saturated heterocycles. The Morgan fingerprint density at radius 2 is 1.75 bits per heavy atom. The second-order valence-corrected chi connectivity index (χ2v) is 11.6. The van der Waals surface area contributed by atoms with Crippen molar-refractivity contribution in [2.75, 3.05) is 0 Å². The summed E-state index contributed by atoms with van der Waals surface area (Å²) >= 11 is 0. The monoisotopic (exact) mass is 279 g/mol. The van der Waals surface area contributed by atoms with E-state index in [4.69, 9.17) is 0 Å². The molecule has 3 rings (SSSR count). The van der Waals surface area contributed by atoms with Crippen LogP contribution in [0.2, 0.25) is 19.6 Å². The third kappa shape index (κ3) is 2.48. The summed E-state index contributed by atoms with van der Waals surface area (Å²) in [5.41, 5.74) is 5.67. The third-order valence-corrected chi connectivity index (χ3v) is 6.35. The number of aromatic nitrogens is 1. The summed E-state index contributed by atoms with van der Waals surface area (Å²) in [5.74, 6) is 0. The molecule has 102 valence electrons. The average molecular weight is 279 g/mol. The van der Waals surface area contributed by atoms with Crippen LogP contribution in [-0.4, -0.2) is 13.1 Å². The molecule has 1 aliphatic carbocycles. The smallest absolute Gasteiger partial charge is 0.0732 e. The Morgan fingerprint density at radius 3 is 2.45 bits per heavy atom. The maximum absolute atomic E-state index is 4.51. The number of hydrogen-bond acceptors (Lipinski definition) is 1. The van der Waals surface area contributed by atoms with Gasteiger partial charge in [0.15, 0.2) is 0 Å². The first-order valence-electron chi connectivity index (χ1n) is 7.26. The topological polar surface area (TPSA) is 12.9 Å². The van der Waals surface area contributed by atoms with Crippen LogP contribution >= 0.6 is 0 Å². The number of rotatable bonds is 3. The molecule has 0 saturated carbocycles. The molecule has 0 unspecified atom stereocenters. The van der Waals surface area contributed by atoms with Crippen LogP contribution in [0.3, 0.4) is 0 Å². The van der Waals surface area contributed by atoms with E-state index in [1.54, 1.807) is 10.8 Å². The highest BCUT2D eigenvalue weighted by atomic mass is 28.3. The van der Waals surface area contributed by atoms with Crippen LogP contribution in [0.1, 0.15) is 16.8 Å². The number of allylic oxidation sites excluding steroid dienone is 2. The highest BCUT2D eigenvalue weighted by molar-refractivity contribution is 6.84. The van der Waals surface area contributed by atoms with Crippen molar-refractivity contribution in [3.63, 3.8) is 0 Å². The molecule has 1 aromatic heterocycles. The Balaban J connectivity index is 2.06. The summed E-state index contributed by atoms with van der Waals surface area (Å²) in [5, 5.41) is 1.70. The maximum atomic E-state index is 4.51. The van der Waals surface area contributed by atoms with Gasteiger partial charge in [-0.1, -0.05) is 55.2 Å². The van der Waals surface area contributed by atoms with Crippen LogP contribution in [-0.2, 0) is 12.8 Å². The van der Waals surface area contributed by atoms with E-state index in [1.807, 2.05) is 12.3 Å². The van der Waals surface area contributed by atoms with Crippen LogP contribution in [0.5, 0.6) is 0 Å². The van der Waals surface area contributed by atoms with Gasteiger partial charge in [0.05, 0.1) is 8.07 Å². The minimum atomic E-state index is -1.29. The molecule has 1 aliphatic rings. The highest BCUT2D eigenvalue weighted by Crippen LogP contribution is 2.38. The average Bonchev–Trinajstić information content (AvgIpc) is 2.79. The Kier molecular flexibility index (Phi) is 3.34. The van der Waals surface area contributed by atoms with E-state index in [0.29, 0.717) is 0 Å². The highest BCUT2D eigenvalue weighted by Gasteiger charge is 2.30. The number of hydrogen-bond donors (Lipinski definition) is 0. The summed E-state index contributed by atoms with van der Waals surface area (Å²) in [6, 6.07) is 15.1. The molecule has 0 atom stereocenters. The molecule has 0 fully saturated rings. The first-order valence-corrected chi connectivity index (χ1v) is 10.8. The van der Waals surface area contributed by atoms with Gasteiger partial charge in [-0.25, -0.2) is 0 Å². The van der Waals surface area contributed by atoms with Crippen LogP contribution in [0.15, 0.2) is 53.9 Å². The van der Waals surface area contributed by atoms with Crippen molar-refractivity contribution >= 4 is 13.6 Å². The number of fused-ring (bicyclic) bond motifs is 1. The largest absolute Gasteiger partial charge is 0.261 e. The molecule has 2 heteroatoms.